The van der Waals surface area contributed by atoms with E-state index in [0.717, 1.165) is 33.1 Å². The average molecular weight is 331 g/mol. The molecule has 0 fully saturated rings. The number of nitrogens with one attached hydrogen (secondary N) is 1. The fourth-order valence-corrected chi connectivity index (χ4v) is 2.71. The molecule has 0 atom stereocenters. The molecule has 0 saturated carbocycles. The number of aliphatic hydroxyl groups excluding tert-OH is 1. The van der Waals surface area contributed by atoms with Crippen molar-refractivity contribution in [2.24, 2.45) is 0 Å². The van der Waals surface area contributed by atoms with Gasteiger partial charge in [-0.05, 0) is 30.0 Å². The number of nitrogens with zero attached hydrogens (tertiary/aromatic N) is 1. The minimum Gasteiger partial charge on any atom is -0.396 e. The lowest BCUT2D eigenvalue weighted by Gasteiger charge is -2.11. The van der Waals surface area contributed by atoms with Crippen LogP contribution >= 0.6 is 15.9 Å². The van der Waals surface area contributed by atoms with E-state index in [1.165, 1.54) is 5.39 Å². The molecule has 1 aromatic heterocycles. The van der Waals surface area contributed by atoms with E-state index in [1.807, 2.05) is 24.3 Å². The number of halogens is 1. The Morgan fingerprint density at radius 2 is 1.85 bits per heavy atom. The zero-order valence-corrected chi connectivity index (χ0v) is 12.5. The van der Waals surface area contributed by atoms with Gasteiger partial charge in [-0.1, -0.05) is 40.2 Å². The zero-order valence-electron chi connectivity index (χ0n) is 10.9. The van der Waals surface area contributed by atoms with Gasteiger partial charge < -0.3 is 10.4 Å². The lowest BCUT2D eigenvalue weighted by Crippen LogP contribution is -2.05. The van der Waals surface area contributed by atoms with Gasteiger partial charge in [-0.25, -0.2) is 4.98 Å². The van der Waals surface area contributed by atoms with Gasteiger partial charge in [0.15, 0.2) is 0 Å². The highest BCUT2D eigenvalue weighted by Crippen LogP contribution is 2.30. The van der Waals surface area contributed by atoms with Crippen molar-refractivity contribution < 1.29 is 5.11 Å². The van der Waals surface area contributed by atoms with E-state index in [0.29, 0.717) is 6.42 Å². The molecule has 3 nitrogen and oxygen atoms in total. The Kier molecular flexibility index (Phi) is 3.85. The van der Waals surface area contributed by atoms with E-state index in [4.69, 9.17) is 10.1 Å². The Bertz CT molecular complexity index is 758. The quantitative estimate of drug-likeness (QED) is 0.562. The lowest BCUT2D eigenvalue weighted by atomic mass is 10.1. The molecule has 0 aliphatic carbocycles. The number of rotatable bonds is 4. The van der Waals surface area contributed by atoms with Crippen LogP contribution in [0.1, 0.15) is 6.42 Å². The lowest BCUT2D eigenvalue weighted by molar-refractivity contribution is 0.292. The van der Waals surface area contributed by atoms with Gasteiger partial charge in [0.2, 0.25) is 0 Å². The number of anilines is 1. The van der Waals surface area contributed by atoms with Gasteiger partial charge in [0, 0.05) is 28.4 Å². The van der Waals surface area contributed by atoms with E-state index in [1.54, 1.807) is 0 Å². The Labute approximate surface area is 125 Å². The third-order valence-corrected chi connectivity index (χ3v) is 3.78. The predicted molar refractivity (Wildman–Crippen MR) is 87.1 cm³/mol. The molecule has 0 aliphatic rings. The van der Waals surface area contributed by atoms with Gasteiger partial charge in [0.25, 0.3) is 0 Å². The van der Waals surface area contributed by atoms with Gasteiger partial charge in [-0.2, -0.15) is 0 Å². The summed E-state index contributed by atoms with van der Waals surface area (Å²) in [5.41, 5.74) is 0.971. The molecule has 0 radical (unpaired) electrons. The van der Waals surface area contributed by atoms with Crippen LogP contribution in [0.5, 0.6) is 0 Å². The topological polar surface area (TPSA) is 45.1 Å². The van der Waals surface area contributed by atoms with Crippen LogP contribution in [0.2, 0.25) is 0 Å². The number of aliphatic hydroxyl groups is 1. The van der Waals surface area contributed by atoms with Crippen molar-refractivity contribution in [1.82, 2.24) is 4.98 Å². The van der Waals surface area contributed by atoms with Gasteiger partial charge in [-0.3, -0.25) is 0 Å². The van der Waals surface area contributed by atoms with Crippen LogP contribution in [0.3, 0.4) is 0 Å². The zero-order chi connectivity index (χ0) is 13.9. The van der Waals surface area contributed by atoms with Crippen LogP contribution in [0.4, 0.5) is 5.82 Å². The second-order valence-corrected chi connectivity index (χ2v) is 5.59. The SMILES string of the molecule is OCCCNc1nc2ccc(Br)cc2c2ccccc12. The molecule has 0 spiro atoms. The highest BCUT2D eigenvalue weighted by atomic mass is 79.9. The second kappa shape index (κ2) is 5.77. The van der Waals surface area contributed by atoms with E-state index in [-0.39, 0.29) is 6.61 Å². The molecule has 0 amide bonds. The number of hydrogen-bond donors (Lipinski definition) is 2. The highest BCUT2D eigenvalue weighted by Gasteiger charge is 2.07. The summed E-state index contributed by atoms with van der Waals surface area (Å²) in [6.45, 7) is 0.904. The third-order valence-electron chi connectivity index (χ3n) is 3.29. The van der Waals surface area contributed by atoms with Gasteiger partial charge in [-0.15, -0.1) is 0 Å². The molecule has 102 valence electrons. The van der Waals surface area contributed by atoms with Crippen LogP contribution in [0.15, 0.2) is 46.9 Å². The summed E-state index contributed by atoms with van der Waals surface area (Å²) in [5.74, 6) is 0.879. The van der Waals surface area contributed by atoms with Gasteiger partial charge in [0.1, 0.15) is 5.82 Å². The maximum Gasteiger partial charge on any atom is 0.134 e. The van der Waals surface area contributed by atoms with Crippen molar-refractivity contribution in [3.63, 3.8) is 0 Å². The third kappa shape index (κ3) is 2.49. The second-order valence-electron chi connectivity index (χ2n) is 4.67. The fourth-order valence-electron chi connectivity index (χ4n) is 2.35. The first kappa shape index (κ1) is 13.3. The molecular weight excluding hydrogens is 316 g/mol. The molecule has 0 unspecified atom stereocenters. The van der Waals surface area contributed by atoms with Crippen LogP contribution in [-0.2, 0) is 0 Å². The maximum atomic E-state index is 8.89. The molecule has 0 bridgehead atoms. The summed E-state index contributed by atoms with van der Waals surface area (Å²) >= 11 is 3.52. The largest absolute Gasteiger partial charge is 0.396 e. The highest BCUT2D eigenvalue weighted by molar-refractivity contribution is 9.10. The Morgan fingerprint density at radius 3 is 2.65 bits per heavy atom. The van der Waals surface area contributed by atoms with Crippen molar-refractivity contribution in [2.45, 2.75) is 6.42 Å². The molecule has 20 heavy (non-hydrogen) atoms. The minimum absolute atomic E-state index is 0.186. The molecule has 1 heterocycles. The van der Waals surface area contributed by atoms with Crippen molar-refractivity contribution in [3.8, 4) is 0 Å². The maximum absolute atomic E-state index is 8.89. The molecule has 2 aromatic carbocycles. The summed E-state index contributed by atoms with van der Waals surface area (Å²) in [4.78, 5) is 4.70. The molecule has 2 N–H and O–H groups in total. The van der Waals surface area contributed by atoms with Gasteiger partial charge >= 0.3 is 0 Å². The smallest absolute Gasteiger partial charge is 0.134 e. The van der Waals surface area contributed by atoms with Crippen molar-refractivity contribution >= 4 is 43.4 Å². The Balaban J connectivity index is 2.20. The number of hydrogen-bond acceptors (Lipinski definition) is 3. The molecule has 4 heteroatoms. The van der Waals surface area contributed by atoms with E-state index < -0.39 is 0 Å². The minimum atomic E-state index is 0.186. The summed E-state index contributed by atoms with van der Waals surface area (Å²) in [6.07, 6.45) is 0.717. The van der Waals surface area contributed by atoms with Crippen LogP contribution in [0, 0.1) is 0 Å². The van der Waals surface area contributed by atoms with E-state index in [9.17, 15) is 0 Å². The normalized spacial score (nSPS) is 11.1. The number of fused-ring (bicyclic) bond motifs is 3. The van der Waals surface area contributed by atoms with Crippen LogP contribution < -0.4 is 5.32 Å². The predicted octanol–water partition coefficient (Wildman–Crippen LogP) is 3.94. The molecule has 0 saturated heterocycles. The van der Waals surface area contributed by atoms with Crippen molar-refractivity contribution in [2.75, 3.05) is 18.5 Å². The van der Waals surface area contributed by atoms with E-state index in [2.05, 4.69) is 39.4 Å². The summed E-state index contributed by atoms with van der Waals surface area (Å²) in [5, 5.41) is 15.6. The monoisotopic (exact) mass is 330 g/mol. The summed E-state index contributed by atoms with van der Waals surface area (Å²) in [7, 11) is 0. The first-order valence-corrected chi connectivity index (χ1v) is 7.41. The first-order chi connectivity index (χ1) is 9.79. The fraction of sp³-hybridized carbons (Fsp3) is 0.188. The molecular formula is C16H15BrN2O. The Hall–Kier alpha value is -1.65. The molecule has 0 aliphatic heterocycles. The average Bonchev–Trinajstić information content (AvgIpc) is 2.48. The van der Waals surface area contributed by atoms with E-state index >= 15 is 0 Å². The first-order valence-electron chi connectivity index (χ1n) is 6.62. The standard InChI is InChI=1S/C16H15BrN2O/c17-11-6-7-15-14(10-11)12-4-1-2-5-13(12)16(19-15)18-8-3-9-20/h1-2,4-7,10,20H,3,8-9H2,(H,18,19). The number of benzene rings is 2. The summed E-state index contributed by atoms with van der Waals surface area (Å²) in [6, 6.07) is 14.4. The van der Waals surface area contributed by atoms with Crippen LogP contribution in [0.25, 0.3) is 21.7 Å². The van der Waals surface area contributed by atoms with Crippen molar-refractivity contribution in [1.29, 1.82) is 0 Å². The molecule has 3 aromatic rings. The number of pyridine rings is 1. The number of aromatic nitrogens is 1. The van der Waals surface area contributed by atoms with Crippen molar-refractivity contribution in [3.05, 3.63) is 46.9 Å². The summed E-state index contributed by atoms with van der Waals surface area (Å²) < 4.78 is 1.05. The molecule has 3 rings (SSSR count). The van der Waals surface area contributed by atoms with Gasteiger partial charge in [0.05, 0.1) is 5.52 Å². The van der Waals surface area contributed by atoms with Crippen LogP contribution in [-0.4, -0.2) is 23.2 Å². The Morgan fingerprint density at radius 1 is 1.05 bits per heavy atom.